The number of carboxylic acids is 1. The van der Waals surface area contributed by atoms with Crippen LogP contribution in [0.1, 0.15) is 91.3 Å². The van der Waals surface area contributed by atoms with Gasteiger partial charge in [-0.15, -0.1) is 0 Å². The number of amides is 1. The van der Waals surface area contributed by atoms with Gasteiger partial charge in [0.05, 0.1) is 24.6 Å². The zero-order chi connectivity index (χ0) is 36.2. The molecule has 2 aliphatic heterocycles. The number of halogens is 5. The molecular weight excluding hydrogens is 661 g/mol. The molecule has 1 saturated heterocycles. The van der Waals surface area contributed by atoms with E-state index in [-0.39, 0.29) is 41.9 Å². The molecule has 2 aliphatic rings. The predicted octanol–water partition coefficient (Wildman–Crippen LogP) is 7.28. The smallest absolute Gasteiger partial charge is 0.416 e. The summed E-state index contributed by atoms with van der Waals surface area (Å²) in [5, 5.41) is 12.5. The predicted molar refractivity (Wildman–Crippen MR) is 177 cm³/mol. The van der Waals surface area contributed by atoms with Crippen molar-refractivity contribution in [3.63, 3.8) is 0 Å². The molecule has 2 N–H and O–H groups in total. The Bertz CT molecular complexity index is 1780. The van der Waals surface area contributed by atoms with Crippen LogP contribution in [0, 0.1) is 25.5 Å². The Hall–Kier alpha value is -4.26. The normalized spacial score (nSPS) is 19.5. The van der Waals surface area contributed by atoms with Crippen LogP contribution in [-0.4, -0.2) is 52.7 Å². The Morgan fingerprint density at radius 2 is 1.68 bits per heavy atom. The number of carbonyl (C=O) groups excluding carboxylic acids is 1. The Morgan fingerprint density at radius 3 is 2.38 bits per heavy atom. The number of rotatable bonds is 6. The van der Waals surface area contributed by atoms with Gasteiger partial charge in [-0.25, -0.2) is 8.78 Å². The van der Waals surface area contributed by atoms with Gasteiger partial charge in [0.15, 0.2) is 0 Å². The maximum atomic E-state index is 15.9. The van der Waals surface area contributed by atoms with Gasteiger partial charge in [-0.3, -0.25) is 14.4 Å². The van der Waals surface area contributed by atoms with Gasteiger partial charge in [0.25, 0.3) is 5.56 Å². The fourth-order valence-electron chi connectivity index (χ4n) is 7.03. The SMILES string of the molecule is Cc1cc2cc(c1F)[C@H](CC(=O)O)NC(=O)[C@@H](n1cc(CCN3CCCC3)c(C(F)(F)F)cc1=O)CCCCCCOc1cc(F)cc(C)c1-2. The topological polar surface area (TPSA) is 101 Å². The highest BCUT2D eigenvalue weighted by Crippen LogP contribution is 2.38. The second kappa shape index (κ2) is 15.7. The minimum absolute atomic E-state index is 0.00712. The summed E-state index contributed by atoms with van der Waals surface area (Å²) >= 11 is 0. The maximum Gasteiger partial charge on any atom is 0.416 e. The number of aryl methyl sites for hydroxylation is 2. The highest BCUT2D eigenvalue weighted by Gasteiger charge is 2.36. The number of nitrogens with zero attached hydrogens (tertiary/aromatic N) is 2. The van der Waals surface area contributed by atoms with Gasteiger partial charge in [-0.1, -0.05) is 19.3 Å². The molecule has 3 heterocycles. The number of nitrogens with one attached hydrogen (secondary N) is 1. The first-order valence-electron chi connectivity index (χ1n) is 17.0. The molecule has 1 aromatic heterocycles. The molecule has 13 heteroatoms. The summed E-state index contributed by atoms with van der Waals surface area (Å²) in [5.74, 6) is -3.21. The van der Waals surface area contributed by atoms with Crippen molar-refractivity contribution in [1.82, 2.24) is 14.8 Å². The summed E-state index contributed by atoms with van der Waals surface area (Å²) in [6, 6.07) is 3.28. The molecule has 50 heavy (non-hydrogen) atoms. The van der Waals surface area contributed by atoms with E-state index in [4.69, 9.17) is 4.74 Å². The highest BCUT2D eigenvalue weighted by atomic mass is 19.4. The first kappa shape index (κ1) is 37.0. The monoisotopic (exact) mass is 703 g/mol. The number of alkyl halides is 3. The van der Waals surface area contributed by atoms with Gasteiger partial charge in [0.2, 0.25) is 5.91 Å². The number of benzene rings is 2. The lowest BCUT2D eigenvalue weighted by Gasteiger charge is -2.26. The van der Waals surface area contributed by atoms with Crippen molar-refractivity contribution in [2.45, 2.75) is 89.9 Å². The van der Waals surface area contributed by atoms with Crippen LogP contribution in [0.15, 0.2) is 41.3 Å². The van der Waals surface area contributed by atoms with Crippen molar-refractivity contribution in [2.75, 3.05) is 26.2 Å². The molecule has 8 nitrogen and oxygen atoms in total. The third kappa shape index (κ3) is 8.72. The molecule has 2 aromatic carbocycles. The van der Waals surface area contributed by atoms with Crippen molar-refractivity contribution in [2.24, 2.45) is 0 Å². The number of likely N-dealkylation sites (tertiary alicyclic amines) is 1. The Morgan fingerprint density at radius 1 is 0.960 bits per heavy atom. The van der Waals surface area contributed by atoms with Crippen LogP contribution in [0.4, 0.5) is 22.0 Å². The first-order chi connectivity index (χ1) is 23.7. The average Bonchev–Trinajstić information content (AvgIpc) is 3.55. The van der Waals surface area contributed by atoms with Crippen LogP contribution in [0.5, 0.6) is 5.75 Å². The number of aromatic nitrogens is 1. The molecule has 0 spiro atoms. The van der Waals surface area contributed by atoms with Crippen LogP contribution >= 0.6 is 0 Å². The van der Waals surface area contributed by atoms with Crippen LogP contribution in [0.2, 0.25) is 0 Å². The largest absolute Gasteiger partial charge is 0.493 e. The van der Waals surface area contributed by atoms with Crippen molar-refractivity contribution >= 4 is 11.9 Å². The summed E-state index contributed by atoms with van der Waals surface area (Å²) in [6.07, 6.45) is -0.276. The fourth-order valence-corrected chi connectivity index (χ4v) is 7.03. The molecule has 2 bridgehead atoms. The van der Waals surface area contributed by atoms with Gasteiger partial charge < -0.3 is 24.6 Å². The third-order valence-corrected chi connectivity index (χ3v) is 9.54. The number of fused-ring (bicyclic) bond motifs is 4. The summed E-state index contributed by atoms with van der Waals surface area (Å²) in [6.45, 7) is 5.26. The molecule has 2 atom stereocenters. The zero-order valence-electron chi connectivity index (χ0n) is 28.2. The summed E-state index contributed by atoms with van der Waals surface area (Å²) < 4.78 is 79.8. The molecule has 0 saturated carbocycles. The zero-order valence-corrected chi connectivity index (χ0v) is 28.2. The van der Waals surface area contributed by atoms with Gasteiger partial charge in [-0.2, -0.15) is 13.2 Å². The van der Waals surface area contributed by atoms with Crippen LogP contribution in [0.3, 0.4) is 0 Å². The molecule has 0 radical (unpaired) electrons. The lowest BCUT2D eigenvalue weighted by Crippen LogP contribution is -2.40. The number of ether oxygens (including phenoxy) is 1. The molecule has 5 rings (SSSR count). The van der Waals surface area contributed by atoms with E-state index in [2.05, 4.69) is 10.2 Å². The van der Waals surface area contributed by atoms with Crippen LogP contribution in [-0.2, 0) is 22.2 Å². The average molecular weight is 704 g/mol. The Labute approximate surface area is 287 Å². The van der Waals surface area contributed by atoms with Crippen LogP contribution < -0.4 is 15.6 Å². The van der Waals surface area contributed by atoms with Crippen molar-refractivity contribution < 1.29 is 41.4 Å². The lowest BCUT2D eigenvalue weighted by atomic mass is 9.92. The quantitative estimate of drug-likeness (QED) is 0.262. The van der Waals surface area contributed by atoms with Gasteiger partial charge >= 0.3 is 12.1 Å². The Kier molecular flexibility index (Phi) is 11.7. The minimum Gasteiger partial charge on any atom is -0.493 e. The number of aliphatic carboxylic acids is 1. The van der Waals surface area contributed by atoms with E-state index in [0.717, 1.165) is 36.7 Å². The first-order valence-corrected chi connectivity index (χ1v) is 17.0. The Balaban J connectivity index is 1.59. The van der Waals surface area contributed by atoms with E-state index in [1.54, 1.807) is 6.92 Å². The van der Waals surface area contributed by atoms with Gasteiger partial charge in [0.1, 0.15) is 23.4 Å². The maximum absolute atomic E-state index is 15.9. The number of carbonyl (C=O) groups is 2. The molecule has 0 unspecified atom stereocenters. The van der Waals surface area contributed by atoms with E-state index < -0.39 is 59.3 Å². The van der Waals surface area contributed by atoms with E-state index >= 15 is 4.39 Å². The standard InChI is InChI=1S/C37H42F5N3O5/c1-22-16-26(38)18-31-34(22)25-15-23(2)35(39)27(17-25)29(20-33(47)48)43-36(49)30(9-5-3-4-8-14-50-31)45-21-24(10-13-44-11-6-7-12-44)28(19-32(45)46)37(40,41)42/h15-19,21,29-30H,3-14,20H2,1-2H3,(H,43,49)(H,47,48)/t29-,30-/m0/s1. The van der Waals surface area contributed by atoms with Crippen molar-refractivity contribution in [3.8, 4) is 16.9 Å². The number of hydrogen-bond acceptors (Lipinski definition) is 5. The van der Waals surface area contributed by atoms with E-state index in [1.807, 2.05) is 0 Å². The summed E-state index contributed by atoms with van der Waals surface area (Å²) in [7, 11) is 0. The second-order valence-corrected chi connectivity index (χ2v) is 13.3. The van der Waals surface area contributed by atoms with Crippen molar-refractivity contribution in [3.05, 3.63) is 86.3 Å². The number of carboxylic acid groups (broad SMARTS) is 1. The molecular formula is C37H42F5N3O5. The van der Waals surface area contributed by atoms with E-state index in [9.17, 15) is 37.1 Å². The van der Waals surface area contributed by atoms with E-state index in [0.29, 0.717) is 55.0 Å². The van der Waals surface area contributed by atoms with Crippen molar-refractivity contribution in [1.29, 1.82) is 0 Å². The molecule has 0 aliphatic carbocycles. The minimum atomic E-state index is -4.79. The fraction of sp³-hybridized carbons (Fsp3) is 0.486. The lowest BCUT2D eigenvalue weighted by molar-refractivity contribution is -0.139. The van der Waals surface area contributed by atoms with E-state index in [1.165, 1.54) is 31.2 Å². The summed E-state index contributed by atoms with van der Waals surface area (Å²) in [5.41, 5.74) is -0.816. The van der Waals surface area contributed by atoms with Gasteiger partial charge in [-0.05, 0) is 99.5 Å². The molecule has 1 fully saturated rings. The summed E-state index contributed by atoms with van der Waals surface area (Å²) in [4.78, 5) is 41.6. The molecule has 1 amide bonds. The number of pyridine rings is 1. The third-order valence-electron chi connectivity index (χ3n) is 9.54. The highest BCUT2D eigenvalue weighted by molar-refractivity contribution is 5.82. The molecule has 3 aromatic rings. The van der Waals surface area contributed by atoms with Gasteiger partial charge in [0, 0.05) is 36.0 Å². The number of hydrogen-bond donors (Lipinski definition) is 2. The molecule has 270 valence electrons. The van der Waals surface area contributed by atoms with Crippen LogP contribution in [0.25, 0.3) is 11.1 Å². The second-order valence-electron chi connectivity index (χ2n) is 13.3.